The quantitative estimate of drug-likeness (QED) is 0.525. The number of aromatic nitrogens is 2. The van der Waals surface area contributed by atoms with E-state index in [9.17, 15) is 0 Å². The number of hydrogen-bond acceptors (Lipinski definition) is 6. The van der Waals surface area contributed by atoms with E-state index >= 15 is 0 Å². The van der Waals surface area contributed by atoms with Crippen molar-refractivity contribution in [2.75, 3.05) is 44.5 Å². The molecule has 0 saturated carbocycles. The number of hydrogen-bond donors (Lipinski definition) is 2. The van der Waals surface area contributed by atoms with Crippen molar-refractivity contribution >= 4 is 23.1 Å². The number of ether oxygens (including phenoxy) is 2. The van der Waals surface area contributed by atoms with E-state index in [-0.39, 0.29) is 5.15 Å². The highest BCUT2D eigenvalue weighted by Gasteiger charge is 2.04. The van der Waals surface area contributed by atoms with Crippen LogP contribution in [0.1, 0.15) is 12.8 Å². The predicted octanol–water partition coefficient (Wildman–Crippen LogP) is 1.57. The molecule has 18 heavy (non-hydrogen) atoms. The fourth-order valence-electron chi connectivity index (χ4n) is 1.30. The first kappa shape index (κ1) is 14.9. The first-order valence-corrected chi connectivity index (χ1v) is 6.20. The van der Waals surface area contributed by atoms with Gasteiger partial charge in [-0.3, -0.25) is 0 Å². The van der Waals surface area contributed by atoms with Gasteiger partial charge in [0.05, 0.1) is 13.2 Å². The van der Waals surface area contributed by atoms with Crippen LogP contribution in [0.3, 0.4) is 0 Å². The number of methoxy groups -OCH3 is 1. The number of anilines is 2. The summed E-state index contributed by atoms with van der Waals surface area (Å²) in [5.41, 5.74) is 6.11. The third-order valence-corrected chi connectivity index (χ3v) is 2.58. The SMILES string of the molecule is COCCOCCCCNc1ncnc(Cl)c1N. The van der Waals surface area contributed by atoms with E-state index in [2.05, 4.69) is 15.3 Å². The standard InChI is InChI=1S/C11H19ClN4O2/c1-17-6-7-18-5-3-2-4-14-11-9(13)10(12)15-8-16-11/h8H,2-7,13H2,1H3,(H,14,15,16). The molecule has 6 nitrogen and oxygen atoms in total. The summed E-state index contributed by atoms with van der Waals surface area (Å²) in [4.78, 5) is 7.80. The van der Waals surface area contributed by atoms with E-state index in [1.54, 1.807) is 7.11 Å². The Morgan fingerprint density at radius 2 is 2.11 bits per heavy atom. The lowest BCUT2D eigenvalue weighted by Crippen LogP contribution is -2.09. The van der Waals surface area contributed by atoms with Crippen molar-refractivity contribution in [1.29, 1.82) is 0 Å². The van der Waals surface area contributed by atoms with Crippen LogP contribution in [0.25, 0.3) is 0 Å². The van der Waals surface area contributed by atoms with Crippen LogP contribution in [0.15, 0.2) is 6.33 Å². The summed E-state index contributed by atoms with van der Waals surface area (Å²) in [7, 11) is 1.66. The van der Waals surface area contributed by atoms with Gasteiger partial charge in [0.2, 0.25) is 0 Å². The molecule has 7 heteroatoms. The minimum Gasteiger partial charge on any atom is -0.393 e. The molecule has 0 radical (unpaired) electrons. The highest BCUT2D eigenvalue weighted by molar-refractivity contribution is 6.32. The molecule has 0 bridgehead atoms. The molecule has 3 N–H and O–H groups in total. The van der Waals surface area contributed by atoms with Crippen molar-refractivity contribution < 1.29 is 9.47 Å². The fourth-order valence-corrected chi connectivity index (χ4v) is 1.43. The zero-order chi connectivity index (χ0) is 13.2. The van der Waals surface area contributed by atoms with E-state index < -0.39 is 0 Å². The van der Waals surface area contributed by atoms with E-state index in [0.717, 1.165) is 26.0 Å². The van der Waals surface area contributed by atoms with Gasteiger partial charge in [0.25, 0.3) is 0 Å². The van der Waals surface area contributed by atoms with Crippen LogP contribution in [0.4, 0.5) is 11.5 Å². The maximum Gasteiger partial charge on any atom is 0.157 e. The Morgan fingerprint density at radius 3 is 2.89 bits per heavy atom. The Kier molecular flexibility index (Phi) is 7.40. The largest absolute Gasteiger partial charge is 0.393 e. The molecular formula is C11H19ClN4O2. The second-order valence-electron chi connectivity index (χ2n) is 3.67. The molecular weight excluding hydrogens is 256 g/mol. The highest BCUT2D eigenvalue weighted by atomic mass is 35.5. The summed E-state index contributed by atoms with van der Waals surface area (Å²) in [6.45, 7) is 2.77. The fraction of sp³-hybridized carbons (Fsp3) is 0.636. The van der Waals surface area contributed by atoms with E-state index in [0.29, 0.717) is 24.7 Å². The molecule has 0 aromatic carbocycles. The van der Waals surface area contributed by atoms with Crippen LogP contribution in [-0.2, 0) is 9.47 Å². The van der Waals surface area contributed by atoms with Crippen LogP contribution in [0.2, 0.25) is 5.15 Å². The molecule has 0 unspecified atom stereocenters. The second-order valence-corrected chi connectivity index (χ2v) is 4.02. The minimum absolute atomic E-state index is 0.274. The highest BCUT2D eigenvalue weighted by Crippen LogP contribution is 2.21. The number of unbranched alkanes of at least 4 members (excludes halogenated alkanes) is 1. The molecule has 1 aromatic heterocycles. The summed E-state index contributed by atoms with van der Waals surface area (Å²) in [5.74, 6) is 0.579. The molecule has 1 rings (SSSR count). The molecule has 0 atom stereocenters. The van der Waals surface area contributed by atoms with E-state index in [1.807, 2.05) is 0 Å². The lowest BCUT2D eigenvalue weighted by Gasteiger charge is -2.08. The predicted molar refractivity (Wildman–Crippen MR) is 71.9 cm³/mol. The van der Waals surface area contributed by atoms with Gasteiger partial charge in [-0.15, -0.1) is 0 Å². The van der Waals surface area contributed by atoms with Crippen molar-refractivity contribution in [2.24, 2.45) is 0 Å². The van der Waals surface area contributed by atoms with Gasteiger partial charge in [-0.1, -0.05) is 11.6 Å². The van der Waals surface area contributed by atoms with Gasteiger partial charge in [-0.2, -0.15) is 0 Å². The summed E-state index contributed by atoms with van der Waals surface area (Å²) >= 11 is 5.78. The number of nitrogen functional groups attached to an aromatic ring is 1. The van der Waals surface area contributed by atoms with Crippen molar-refractivity contribution in [3.63, 3.8) is 0 Å². The first-order chi connectivity index (χ1) is 8.75. The Labute approximate surface area is 112 Å². The van der Waals surface area contributed by atoms with E-state index in [1.165, 1.54) is 6.33 Å². The van der Waals surface area contributed by atoms with Gasteiger partial charge in [0.1, 0.15) is 12.0 Å². The van der Waals surface area contributed by atoms with Crippen molar-refractivity contribution in [3.05, 3.63) is 11.5 Å². The molecule has 1 heterocycles. The van der Waals surface area contributed by atoms with Crippen LogP contribution in [0.5, 0.6) is 0 Å². The number of halogens is 1. The Morgan fingerprint density at radius 1 is 1.28 bits per heavy atom. The lowest BCUT2D eigenvalue weighted by atomic mass is 10.3. The van der Waals surface area contributed by atoms with Crippen LogP contribution >= 0.6 is 11.6 Å². The first-order valence-electron chi connectivity index (χ1n) is 5.82. The number of rotatable bonds is 9. The Balaban J connectivity index is 2.09. The molecule has 1 aromatic rings. The smallest absolute Gasteiger partial charge is 0.157 e. The zero-order valence-corrected chi connectivity index (χ0v) is 11.2. The molecule has 0 spiro atoms. The molecule has 0 aliphatic carbocycles. The number of nitrogens with two attached hydrogens (primary N) is 1. The van der Waals surface area contributed by atoms with Crippen molar-refractivity contribution in [2.45, 2.75) is 12.8 Å². The van der Waals surface area contributed by atoms with Crippen LogP contribution < -0.4 is 11.1 Å². The molecule has 0 fully saturated rings. The maximum absolute atomic E-state index is 5.78. The summed E-state index contributed by atoms with van der Waals surface area (Å²) < 4.78 is 10.2. The topological polar surface area (TPSA) is 82.3 Å². The van der Waals surface area contributed by atoms with Gasteiger partial charge in [0, 0.05) is 20.3 Å². The average molecular weight is 275 g/mol. The van der Waals surface area contributed by atoms with Gasteiger partial charge in [-0.05, 0) is 12.8 Å². The molecule has 0 aliphatic rings. The molecule has 0 saturated heterocycles. The summed E-state index contributed by atoms with van der Waals surface area (Å²) in [5, 5.41) is 3.39. The molecule has 0 amide bonds. The normalized spacial score (nSPS) is 10.6. The zero-order valence-electron chi connectivity index (χ0n) is 10.5. The number of nitrogens with one attached hydrogen (secondary N) is 1. The molecule has 102 valence electrons. The Bertz CT molecular complexity index is 352. The van der Waals surface area contributed by atoms with Gasteiger partial charge < -0.3 is 20.5 Å². The van der Waals surface area contributed by atoms with Gasteiger partial charge >= 0.3 is 0 Å². The van der Waals surface area contributed by atoms with Crippen molar-refractivity contribution in [3.8, 4) is 0 Å². The summed E-state index contributed by atoms with van der Waals surface area (Å²) in [6.07, 6.45) is 3.32. The van der Waals surface area contributed by atoms with Gasteiger partial charge in [0.15, 0.2) is 11.0 Å². The monoisotopic (exact) mass is 274 g/mol. The van der Waals surface area contributed by atoms with E-state index in [4.69, 9.17) is 26.8 Å². The van der Waals surface area contributed by atoms with Gasteiger partial charge in [-0.25, -0.2) is 9.97 Å². The second kappa shape index (κ2) is 8.91. The average Bonchev–Trinajstić information content (AvgIpc) is 2.37. The Hall–Kier alpha value is -1.11. The lowest BCUT2D eigenvalue weighted by molar-refractivity contribution is 0.0691. The van der Waals surface area contributed by atoms with Crippen LogP contribution in [-0.4, -0.2) is 43.4 Å². The third kappa shape index (κ3) is 5.48. The van der Waals surface area contributed by atoms with Crippen LogP contribution in [0, 0.1) is 0 Å². The maximum atomic E-state index is 5.78. The minimum atomic E-state index is 0.274. The molecule has 0 aliphatic heterocycles. The number of nitrogens with zero attached hydrogens (tertiary/aromatic N) is 2. The third-order valence-electron chi connectivity index (χ3n) is 2.27. The summed E-state index contributed by atoms with van der Waals surface area (Å²) in [6, 6.07) is 0. The van der Waals surface area contributed by atoms with Crippen molar-refractivity contribution in [1.82, 2.24) is 9.97 Å².